The molecule has 0 radical (unpaired) electrons. The van der Waals surface area contributed by atoms with E-state index in [0.29, 0.717) is 12.3 Å². The first-order valence-electron chi connectivity index (χ1n) is 7.20. The van der Waals surface area contributed by atoms with Crippen molar-refractivity contribution >= 4 is 11.6 Å². The summed E-state index contributed by atoms with van der Waals surface area (Å²) in [7, 11) is 4.10. The van der Waals surface area contributed by atoms with Crippen molar-refractivity contribution in [2.24, 2.45) is 0 Å². The average Bonchev–Trinajstić information content (AvgIpc) is 2.88. The van der Waals surface area contributed by atoms with Gasteiger partial charge < -0.3 is 9.80 Å². The molecule has 1 amide bonds. The number of hydrogen-bond donors (Lipinski definition) is 0. The second-order valence-electron chi connectivity index (χ2n) is 5.48. The van der Waals surface area contributed by atoms with Crippen LogP contribution in [-0.2, 0) is 4.79 Å². The van der Waals surface area contributed by atoms with Crippen molar-refractivity contribution in [1.29, 1.82) is 0 Å². The summed E-state index contributed by atoms with van der Waals surface area (Å²) in [6.45, 7) is 2.98. The molecule has 0 bridgehead atoms. The zero-order valence-corrected chi connectivity index (χ0v) is 12.2. The maximum absolute atomic E-state index is 12.2. The Bertz CT molecular complexity index is 442. The Balaban J connectivity index is 2.20. The lowest BCUT2D eigenvalue weighted by Crippen LogP contribution is -2.30. The molecule has 0 aromatic heterocycles. The van der Waals surface area contributed by atoms with Gasteiger partial charge in [-0.1, -0.05) is 19.1 Å². The quantitative estimate of drug-likeness (QED) is 0.830. The molecule has 0 N–H and O–H groups in total. The van der Waals surface area contributed by atoms with Crippen LogP contribution in [-0.4, -0.2) is 31.4 Å². The summed E-state index contributed by atoms with van der Waals surface area (Å²) in [4.78, 5) is 16.3. The van der Waals surface area contributed by atoms with Crippen molar-refractivity contribution in [2.75, 3.05) is 25.5 Å². The number of carbonyl (C=O) groups excluding carboxylic acids is 1. The molecule has 3 heteroatoms. The van der Waals surface area contributed by atoms with Crippen LogP contribution in [0.4, 0.5) is 5.69 Å². The van der Waals surface area contributed by atoms with Crippen LogP contribution in [0.5, 0.6) is 0 Å². The second-order valence-corrected chi connectivity index (χ2v) is 5.48. The molecule has 3 nitrogen and oxygen atoms in total. The molecule has 1 unspecified atom stereocenters. The van der Waals surface area contributed by atoms with Crippen LogP contribution in [0, 0.1) is 0 Å². The van der Waals surface area contributed by atoms with E-state index in [9.17, 15) is 4.79 Å². The third-order valence-electron chi connectivity index (χ3n) is 3.81. The highest BCUT2D eigenvalue weighted by atomic mass is 16.2. The first-order chi connectivity index (χ1) is 9.13. The Morgan fingerprint density at radius 3 is 2.89 bits per heavy atom. The monoisotopic (exact) mass is 260 g/mol. The third-order valence-corrected chi connectivity index (χ3v) is 3.81. The zero-order valence-electron chi connectivity index (χ0n) is 12.2. The van der Waals surface area contributed by atoms with E-state index < -0.39 is 0 Å². The molecule has 1 saturated heterocycles. The smallest absolute Gasteiger partial charge is 0.223 e. The fourth-order valence-corrected chi connectivity index (χ4v) is 2.78. The van der Waals surface area contributed by atoms with Gasteiger partial charge in [-0.2, -0.15) is 0 Å². The lowest BCUT2D eigenvalue weighted by Gasteiger charge is -2.26. The van der Waals surface area contributed by atoms with Crippen molar-refractivity contribution in [2.45, 2.75) is 38.6 Å². The highest BCUT2D eigenvalue weighted by molar-refractivity contribution is 5.77. The molecule has 1 heterocycles. The summed E-state index contributed by atoms with van der Waals surface area (Å²) in [5.74, 6) is 0.306. The van der Waals surface area contributed by atoms with E-state index in [1.807, 2.05) is 14.1 Å². The van der Waals surface area contributed by atoms with Gasteiger partial charge in [0.1, 0.15) is 0 Å². The van der Waals surface area contributed by atoms with Crippen LogP contribution < -0.4 is 4.90 Å². The predicted molar refractivity (Wildman–Crippen MR) is 79.4 cm³/mol. The topological polar surface area (TPSA) is 23.6 Å². The first-order valence-corrected chi connectivity index (χ1v) is 7.20. The van der Waals surface area contributed by atoms with Gasteiger partial charge in [0.2, 0.25) is 5.91 Å². The van der Waals surface area contributed by atoms with Gasteiger partial charge in [-0.05, 0) is 37.0 Å². The summed E-state index contributed by atoms with van der Waals surface area (Å²) in [6.07, 6.45) is 3.81. The van der Waals surface area contributed by atoms with Crippen LogP contribution >= 0.6 is 0 Å². The number of nitrogens with zero attached hydrogens (tertiary/aromatic N) is 2. The minimum absolute atomic E-state index is 0.277. The Hall–Kier alpha value is -1.51. The number of likely N-dealkylation sites (tertiary alicyclic amines) is 1. The second kappa shape index (κ2) is 6.09. The van der Waals surface area contributed by atoms with Crippen LogP contribution in [0.25, 0.3) is 0 Å². The summed E-state index contributed by atoms with van der Waals surface area (Å²) in [5.41, 5.74) is 2.47. The molecular weight excluding hydrogens is 236 g/mol. The summed E-state index contributed by atoms with van der Waals surface area (Å²) in [6, 6.07) is 8.83. The fourth-order valence-electron chi connectivity index (χ4n) is 2.78. The number of carbonyl (C=O) groups is 1. The fraction of sp³-hybridized carbons (Fsp3) is 0.562. The SMILES string of the molecule is CCCC(=O)N1CCCC1c1cccc(N(C)C)c1. The molecule has 104 valence electrons. The Morgan fingerprint density at radius 2 is 2.21 bits per heavy atom. The zero-order chi connectivity index (χ0) is 13.8. The van der Waals surface area contributed by atoms with E-state index in [1.54, 1.807) is 0 Å². The molecule has 1 aliphatic rings. The molecule has 0 spiro atoms. The van der Waals surface area contributed by atoms with E-state index in [4.69, 9.17) is 0 Å². The molecule has 1 aromatic rings. The van der Waals surface area contributed by atoms with Crippen molar-refractivity contribution in [3.63, 3.8) is 0 Å². The van der Waals surface area contributed by atoms with Gasteiger partial charge >= 0.3 is 0 Å². The number of hydrogen-bond acceptors (Lipinski definition) is 2. The molecule has 0 saturated carbocycles. The largest absolute Gasteiger partial charge is 0.378 e. The molecule has 1 fully saturated rings. The molecular formula is C16H24N2O. The van der Waals surface area contributed by atoms with Crippen molar-refractivity contribution in [1.82, 2.24) is 4.90 Å². The van der Waals surface area contributed by atoms with Crippen molar-refractivity contribution in [3.05, 3.63) is 29.8 Å². The molecule has 1 aliphatic heterocycles. The third kappa shape index (κ3) is 3.09. The Kier molecular flexibility index (Phi) is 4.46. The summed E-state index contributed by atoms with van der Waals surface area (Å²) in [5, 5.41) is 0. The highest BCUT2D eigenvalue weighted by Gasteiger charge is 2.29. The van der Waals surface area contributed by atoms with Gasteiger partial charge in [0.05, 0.1) is 6.04 Å². The van der Waals surface area contributed by atoms with Gasteiger partial charge in [0.25, 0.3) is 0 Å². The van der Waals surface area contributed by atoms with Crippen LogP contribution in [0.3, 0.4) is 0 Å². The van der Waals surface area contributed by atoms with Gasteiger partial charge in [-0.15, -0.1) is 0 Å². The number of anilines is 1. The normalized spacial score (nSPS) is 18.7. The van der Waals surface area contributed by atoms with Crippen LogP contribution in [0.1, 0.15) is 44.2 Å². The molecule has 19 heavy (non-hydrogen) atoms. The standard InChI is InChI=1S/C16H24N2O/c1-4-7-16(19)18-11-6-10-15(18)13-8-5-9-14(12-13)17(2)3/h5,8-9,12,15H,4,6-7,10-11H2,1-3H3. The van der Waals surface area contributed by atoms with E-state index in [2.05, 4.69) is 41.0 Å². The maximum atomic E-state index is 12.2. The maximum Gasteiger partial charge on any atom is 0.223 e. The highest BCUT2D eigenvalue weighted by Crippen LogP contribution is 2.33. The van der Waals surface area contributed by atoms with E-state index in [1.165, 1.54) is 11.3 Å². The predicted octanol–water partition coefficient (Wildman–Crippen LogP) is 3.22. The molecule has 1 aromatic carbocycles. The van der Waals surface area contributed by atoms with Gasteiger partial charge in [-0.25, -0.2) is 0 Å². The Labute approximate surface area is 116 Å². The van der Waals surface area contributed by atoms with Crippen LogP contribution in [0.2, 0.25) is 0 Å². The van der Waals surface area contributed by atoms with Crippen molar-refractivity contribution in [3.8, 4) is 0 Å². The minimum atomic E-state index is 0.277. The summed E-state index contributed by atoms with van der Waals surface area (Å²) >= 11 is 0. The van der Waals surface area contributed by atoms with E-state index in [0.717, 1.165) is 25.8 Å². The lowest BCUT2D eigenvalue weighted by atomic mass is 10.0. The number of rotatable bonds is 4. The van der Waals surface area contributed by atoms with Crippen LogP contribution in [0.15, 0.2) is 24.3 Å². The van der Waals surface area contributed by atoms with Gasteiger partial charge in [0, 0.05) is 32.7 Å². The molecule has 2 rings (SSSR count). The van der Waals surface area contributed by atoms with Gasteiger partial charge in [0.15, 0.2) is 0 Å². The van der Waals surface area contributed by atoms with Gasteiger partial charge in [-0.3, -0.25) is 4.79 Å². The summed E-state index contributed by atoms with van der Waals surface area (Å²) < 4.78 is 0. The van der Waals surface area contributed by atoms with E-state index >= 15 is 0 Å². The number of amides is 1. The molecule has 0 aliphatic carbocycles. The minimum Gasteiger partial charge on any atom is -0.378 e. The first kappa shape index (κ1) is 13.9. The van der Waals surface area contributed by atoms with Crippen molar-refractivity contribution < 1.29 is 4.79 Å². The lowest BCUT2D eigenvalue weighted by molar-refractivity contribution is -0.132. The number of benzene rings is 1. The van der Waals surface area contributed by atoms with E-state index in [-0.39, 0.29) is 6.04 Å². The Morgan fingerprint density at radius 1 is 1.42 bits per heavy atom. The molecule has 1 atom stereocenters. The average molecular weight is 260 g/mol.